The minimum atomic E-state index is -0.533. The van der Waals surface area contributed by atoms with E-state index in [0.29, 0.717) is 36.0 Å². The summed E-state index contributed by atoms with van der Waals surface area (Å²) in [5, 5.41) is 2.21. The molecule has 1 aromatic carbocycles. The van der Waals surface area contributed by atoms with E-state index in [2.05, 4.69) is 5.32 Å². The molecule has 0 unspecified atom stereocenters. The van der Waals surface area contributed by atoms with Crippen LogP contribution in [-0.4, -0.2) is 69.1 Å². The third-order valence-electron chi connectivity index (χ3n) is 4.75. The van der Waals surface area contributed by atoms with E-state index in [-0.39, 0.29) is 17.6 Å². The average Bonchev–Trinajstić information content (AvgIpc) is 3.36. The van der Waals surface area contributed by atoms with Crippen molar-refractivity contribution >= 4 is 34.9 Å². The van der Waals surface area contributed by atoms with E-state index in [9.17, 15) is 14.4 Å². The Balaban J connectivity index is 1.72. The van der Waals surface area contributed by atoms with Crippen molar-refractivity contribution in [3.8, 4) is 17.2 Å². The highest BCUT2D eigenvalue weighted by molar-refractivity contribution is 8.18. The number of amides is 3. The first-order valence-corrected chi connectivity index (χ1v) is 10.2. The molecule has 3 rings (SSSR count). The van der Waals surface area contributed by atoms with Crippen LogP contribution in [0.1, 0.15) is 18.4 Å². The van der Waals surface area contributed by atoms with Crippen molar-refractivity contribution in [3.05, 3.63) is 22.6 Å². The van der Waals surface area contributed by atoms with Crippen LogP contribution in [0.4, 0.5) is 4.79 Å². The second-order valence-electron chi connectivity index (χ2n) is 6.66. The number of carbonyl (C=O) groups excluding carboxylic acids is 3. The van der Waals surface area contributed by atoms with Crippen molar-refractivity contribution in [1.29, 1.82) is 0 Å². The van der Waals surface area contributed by atoms with Crippen LogP contribution in [0.3, 0.4) is 0 Å². The molecule has 9 nitrogen and oxygen atoms in total. The molecule has 10 heteroatoms. The van der Waals surface area contributed by atoms with Gasteiger partial charge >= 0.3 is 0 Å². The Kier molecular flexibility index (Phi) is 7.22. The molecular weight excluding hydrogens is 412 g/mol. The van der Waals surface area contributed by atoms with Gasteiger partial charge < -0.3 is 24.3 Å². The summed E-state index contributed by atoms with van der Waals surface area (Å²) in [6.45, 7) is 0.722. The lowest BCUT2D eigenvalue weighted by Gasteiger charge is -2.14. The van der Waals surface area contributed by atoms with Gasteiger partial charge in [0, 0.05) is 24.8 Å². The van der Waals surface area contributed by atoms with Crippen LogP contribution in [0.5, 0.6) is 17.2 Å². The Morgan fingerprint density at radius 1 is 1.20 bits per heavy atom. The molecule has 1 atom stereocenters. The number of thioether (sulfide) groups is 1. The maximum Gasteiger partial charge on any atom is 0.294 e. The van der Waals surface area contributed by atoms with Crippen LogP contribution in [0.15, 0.2) is 17.0 Å². The Hall–Kier alpha value is -2.72. The predicted molar refractivity (Wildman–Crippen MR) is 111 cm³/mol. The molecule has 2 aliphatic heterocycles. The fourth-order valence-corrected chi connectivity index (χ4v) is 4.00. The highest BCUT2D eigenvalue weighted by atomic mass is 32.2. The van der Waals surface area contributed by atoms with Crippen molar-refractivity contribution in [2.45, 2.75) is 18.9 Å². The molecule has 0 saturated carbocycles. The van der Waals surface area contributed by atoms with Crippen molar-refractivity contribution < 1.29 is 33.3 Å². The van der Waals surface area contributed by atoms with Gasteiger partial charge in [0.05, 0.1) is 32.3 Å². The smallest absolute Gasteiger partial charge is 0.294 e. The van der Waals surface area contributed by atoms with Crippen molar-refractivity contribution in [2.75, 3.05) is 41.0 Å². The van der Waals surface area contributed by atoms with Crippen LogP contribution in [0.2, 0.25) is 0 Å². The summed E-state index contributed by atoms with van der Waals surface area (Å²) < 4.78 is 21.3. The summed E-state index contributed by atoms with van der Waals surface area (Å²) >= 11 is 0.771. The van der Waals surface area contributed by atoms with E-state index >= 15 is 0 Å². The topological polar surface area (TPSA) is 103 Å². The maximum atomic E-state index is 12.7. The Labute approximate surface area is 178 Å². The SMILES string of the molecule is COc1cc(OC)c(OC)cc1/C=C1\SC(=O)N(CC(=O)NC[C@@H]2CCCO2)C1=O. The minimum absolute atomic E-state index is 0.0127. The van der Waals surface area contributed by atoms with Gasteiger partial charge in [-0.05, 0) is 36.7 Å². The van der Waals surface area contributed by atoms with Gasteiger partial charge in [-0.15, -0.1) is 0 Å². The Morgan fingerprint density at radius 2 is 1.90 bits per heavy atom. The molecule has 1 N–H and O–H groups in total. The lowest BCUT2D eigenvalue weighted by atomic mass is 10.1. The molecule has 0 aromatic heterocycles. The van der Waals surface area contributed by atoms with Gasteiger partial charge in [0.25, 0.3) is 11.1 Å². The van der Waals surface area contributed by atoms with Crippen LogP contribution in [0.25, 0.3) is 6.08 Å². The van der Waals surface area contributed by atoms with Gasteiger partial charge in [-0.3, -0.25) is 19.3 Å². The number of methoxy groups -OCH3 is 3. The number of hydrogen-bond acceptors (Lipinski definition) is 8. The van der Waals surface area contributed by atoms with E-state index in [4.69, 9.17) is 18.9 Å². The van der Waals surface area contributed by atoms with E-state index in [1.54, 1.807) is 12.1 Å². The van der Waals surface area contributed by atoms with Crippen LogP contribution in [-0.2, 0) is 14.3 Å². The molecule has 30 heavy (non-hydrogen) atoms. The Morgan fingerprint density at radius 3 is 2.53 bits per heavy atom. The fraction of sp³-hybridized carbons (Fsp3) is 0.450. The zero-order valence-corrected chi connectivity index (χ0v) is 17.9. The monoisotopic (exact) mass is 436 g/mol. The highest BCUT2D eigenvalue weighted by Gasteiger charge is 2.36. The second kappa shape index (κ2) is 9.86. The van der Waals surface area contributed by atoms with Crippen LogP contribution in [0, 0.1) is 0 Å². The predicted octanol–water partition coefficient (Wildman–Crippen LogP) is 2.04. The Bertz CT molecular complexity index is 865. The molecule has 2 saturated heterocycles. The second-order valence-corrected chi connectivity index (χ2v) is 7.65. The van der Waals surface area contributed by atoms with Crippen molar-refractivity contribution in [2.24, 2.45) is 0 Å². The molecule has 0 radical (unpaired) electrons. The molecule has 1 aromatic rings. The van der Waals surface area contributed by atoms with Gasteiger partial charge in [-0.2, -0.15) is 0 Å². The van der Waals surface area contributed by atoms with E-state index < -0.39 is 17.1 Å². The molecule has 0 spiro atoms. The third kappa shape index (κ3) is 4.88. The van der Waals surface area contributed by atoms with Gasteiger partial charge in [-0.25, -0.2) is 0 Å². The quantitative estimate of drug-likeness (QED) is 0.618. The number of hydrogen-bond donors (Lipinski definition) is 1. The lowest BCUT2D eigenvalue weighted by Crippen LogP contribution is -2.41. The number of carbonyl (C=O) groups is 3. The van der Waals surface area contributed by atoms with Gasteiger partial charge in [-0.1, -0.05) is 0 Å². The summed E-state index contributed by atoms with van der Waals surface area (Å²) in [5.74, 6) is 0.445. The average molecular weight is 436 g/mol. The van der Waals surface area contributed by atoms with Gasteiger partial charge in [0.2, 0.25) is 5.91 Å². The number of imide groups is 1. The first kappa shape index (κ1) is 22.0. The van der Waals surface area contributed by atoms with E-state index in [0.717, 1.165) is 29.5 Å². The van der Waals surface area contributed by atoms with Crippen molar-refractivity contribution in [3.63, 3.8) is 0 Å². The first-order chi connectivity index (χ1) is 14.5. The number of benzene rings is 1. The van der Waals surface area contributed by atoms with Crippen LogP contribution >= 0.6 is 11.8 Å². The normalized spacial score (nSPS) is 20.0. The maximum absolute atomic E-state index is 12.7. The lowest BCUT2D eigenvalue weighted by molar-refractivity contribution is -0.129. The molecule has 0 aliphatic carbocycles. The van der Waals surface area contributed by atoms with E-state index in [1.165, 1.54) is 27.4 Å². The highest BCUT2D eigenvalue weighted by Crippen LogP contribution is 2.38. The fourth-order valence-electron chi connectivity index (χ4n) is 3.18. The summed E-state index contributed by atoms with van der Waals surface area (Å²) in [6, 6.07) is 3.29. The summed E-state index contributed by atoms with van der Waals surface area (Å²) in [5.41, 5.74) is 0.545. The van der Waals surface area contributed by atoms with Crippen LogP contribution < -0.4 is 19.5 Å². The largest absolute Gasteiger partial charge is 0.496 e. The first-order valence-electron chi connectivity index (χ1n) is 9.40. The minimum Gasteiger partial charge on any atom is -0.496 e. The third-order valence-corrected chi connectivity index (χ3v) is 5.66. The number of ether oxygens (including phenoxy) is 4. The summed E-state index contributed by atoms with van der Waals surface area (Å²) in [7, 11) is 4.49. The molecule has 2 aliphatic rings. The number of rotatable bonds is 8. The molecule has 3 amide bonds. The van der Waals surface area contributed by atoms with Crippen molar-refractivity contribution in [1.82, 2.24) is 10.2 Å². The molecule has 162 valence electrons. The number of nitrogens with zero attached hydrogens (tertiary/aromatic N) is 1. The number of nitrogens with one attached hydrogen (secondary N) is 1. The van der Waals surface area contributed by atoms with E-state index in [1.807, 2.05) is 0 Å². The standard InChI is InChI=1S/C20H24N2O7S/c1-26-14-9-16(28-3)15(27-2)7-12(14)8-17-19(24)22(20(25)30-17)11-18(23)21-10-13-5-4-6-29-13/h7-9,13H,4-6,10-11H2,1-3H3,(H,21,23)/b17-8-/t13-/m0/s1. The molecule has 0 bridgehead atoms. The van der Waals surface area contributed by atoms with Gasteiger partial charge in [0.1, 0.15) is 12.3 Å². The molecule has 2 fully saturated rings. The van der Waals surface area contributed by atoms with Gasteiger partial charge in [0.15, 0.2) is 11.5 Å². The molecular formula is C20H24N2O7S. The summed E-state index contributed by atoms with van der Waals surface area (Å²) in [6.07, 6.45) is 3.38. The molecule has 2 heterocycles. The summed E-state index contributed by atoms with van der Waals surface area (Å²) in [4.78, 5) is 38.3. The zero-order chi connectivity index (χ0) is 21.7. The zero-order valence-electron chi connectivity index (χ0n) is 17.1.